The molecule has 1 aliphatic heterocycles. The molecule has 0 saturated carbocycles. The Balaban J connectivity index is 1.56. The summed E-state index contributed by atoms with van der Waals surface area (Å²) in [5.74, 6) is -0.421. The molecular weight excluding hydrogens is 373 g/mol. The first kappa shape index (κ1) is 17.5. The van der Waals surface area contributed by atoms with Crippen molar-refractivity contribution < 1.29 is 9.18 Å². The molecule has 2 amide bonds. The van der Waals surface area contributed by atoms with Gasteiger partial charge >= 0.3 is 6.03 Å². The van der Waals surface area contributed by atoms with Crippen molar-refractivity contribution >= 4 is 23.1 Å². The van der Waals surface area contributed by atoms with E-state index in [9.17, 15) is 9.18 Å². The van der Waals surface area contributed by atoms with Gasteiger partial charge in [0.15, 0.2) is 0 Å². The normalized spacial score (nSPS) is 18.1. The Morgan fingerprint density at radius 3 is 2.82 bits per heavy atom. The van der Waals surface area contributed by atoms with Gasteiger partial charge in [-0.15, -0.1) is 11.3 Å². The molecule has 0 bridgehead atoms. The number of fused-ring (bicyclic) bond motifs is 5. The fraction of sp³-hybridized carbons (Fsp3) is 0.318. The second-order valence-corrected chi connectivity index (χ2v) is 8.60. The molecule has 4 nitrogen and oxygen atoms in total. The number of para-hydroxylation sites is 1. The topological polar surface area (TPSA) is 37.3 Å². The number of halogens is 1. The molecule has 144 valence electrons. The Morgan fingerprint density at radius 2 is 1.96 bits per heavy atom. The van der Waals surface area contributed by atoms with Crippen molar-refractivity contribution in [3.05, 3.63) is 70.1 Å². The quantitative estimate of drug-likeness (QED) is 0.567. The first-order chi connectivity index (χ1) is 13.6. The number of thiophene rings is 1. The lowest BCUT2D eigenvalue weighted by Crippen LogP contribution is -2.36. The number of nitrogens with one attached hydrogen (secondary N) is 1. The van der Waals surface area contributed by atoms with Crippen LogP contribution < -0.4 is 5.32 Å². The summed E-state index contributed by atoms with van der Waals surface area (Å²) in [5, 5.41) is 4.01. The highest BCUT2D eigenvalue weighted by atomic mass is 32.1. The maximum Gasteiger partial charge on any atom is 0.322 e. The minimum Gasteiger partial charge on any atom is -0.312 e. The van der Waals surface area contributed by atoms with Gasteiger partial charge in [0, 0.05) is 22.3 Å². The summed E-state index contributed by atoms with van der Waals surface area (Å²) in [6.07, 6.45) is 6.73. The number of carbonyl (C=O) groups excluding carboxylic acids is 1. The predicted octanol–water partition coefficient (Wildman–Crippen LogP) is 5.67. The standard InChI is InChI=1S/C22H22FN3OS/c1-14-19-10-6-12-25(19)21-16(15-7-2-5-11-20(15)28-21)13-26(14)22(27)24-18-9-4-3-8-17(18)23/h3-4,6,8-10,12,14H,2,5,7,11,13H2,1H3,(H,24,27)/t14-/m0/s1. The molecule has 3 heterocycles. The van der Waals surface area contributed by atoms with Crippen LogP contribution in [0.4, 0.5) is 14.9 Å². The zero-order chi connectivity index (χ0) is 19.3. The summed E-state index contributed by atoms with van der Waals surface area (Å²) in [6.45, 7) is 2.58. The largest absolute Gasteiger partial charge is 0.322 e. The van der Waals surface area contributed by atoms with E-state index in [4.69, 9.17) is 0 Å². The molecule has 2 aliphatic rings. The van der Waals surface area contributed by atoms with E-state index in [1.807, 2.05) is 29.2 Å². The van der Waals surface area contributed by atoms with Crippen molar-refractivity contribution in [3.8, 4) is 5.00 Å². The van der Waals surface area contributed by atoms with E-state index in [-0.39, 0.29) is 17.8 Å². The highest BCUT2D eigenvalue weighted by molar-refractivity contribution is 7.15. The summed E-state index contributed by atoms with van der Waals surface area (Å²) < 4.78 is 16.3. The minimum absolute atomic E-state index is 0.111. The Morgan fingerprint density at radius 1 is 1.14 bits per heavy atom. The third kappa shape index (κ3) is 2.75. The van der Waals surface area contributed by atoms with Crippen molar-refractivity contribution in [2.24, 2.45) is 0 Å². The second-order valence-electron chi connectivity index (χ2n) is 7.51. The van der Waals surface area contributed by atoms with Crippen molar-refractivity contribution in [2.75, 3.05) is 5.32 Å². The van der Waals surface area contributed by atoms with Gasteiger partial charge < -0.3 is 14.8 Å². The smallest absolute Gasteiger partial charge is 0.312 e. The molecule has 0 spiro atoms. The maximum absolute atomic E-state index is 14.1. The van der Waals surface area contributed by atoms with Gasteiger partial charge in [0.1, 0.15) is 10.8 Å². The Labute approximate surface area is 167 Å². The molecule has 0 unspecified atom stereocenters. The number of urea groups is 1. The Kier molecular flexibility index (Phi) is 4.23. The average molecular weight is 396 g/mol. The van der Waals surface area contributed by atoms with Crippen LogP contribution in [0.25, 0.3) is 5.00 Å². The molecule has 0 saturated heterocycles. The molecule has 28 heavy (non-hydrogen) atoms. The zero-order valence-corrected chi connectivity index (χ0v) is 16.6. The molecule has 1 N–H and O–H groups in total. The van der Waals surface area contributed by atoms with Gasteiger partial charge in [-0.1, -0.05) is 12.1 Å². The first-order valence-electron chi connectivity index (χ1n) is 9.76. The monoisotopic (exact) mass is 395 g/mol. The molecule has 2 aromatic heterocycles. The molecule has 3 aromatic rings. The van der Waals surface area contributed by atoms with Crippen LogP contribution in [-0.2, 0) is 19.4 Å². The van der Waals surface area contributed by atoms with Gasteiger partial charge in [-0.05, 0) is 62.4 Å². The average Bonchev–Trinajstić information content (AvgIpc) is 3.29. The molecular formula is C22H22FN3OS. The second kappa shape index (κ2) is 6.78. The third-order valence-electron chi connectivity index (χ3n) is 5.86. The van der Waals surface area contributed by atoms with Gasteiger partial charge in [-0.3, -0.25) is 0 Å². The maximum atomic E-state index is 14.1. The summed E-state index contributed by atoms with van der Waals surface area (Å²) >= 11 is 1.87. The number of hydrogen-bond donors (Lipinski definition) is 1. The van der Waals surface area contributed by atoms with E-state index in [1.165, 1.54) is 39.9 Å². The lowest BCUT2D eigenvalue weighted by atomic mass is 9.95. The molecule has 0 radical (unpaired) electrons. The fourth-order valence-electron chi connectivity index (χ4n) is 4.36. The van der Waals surface area contributed by atoms with Crippen LogP contribution in [0.1, 0.15) is 47.5 Å². The van der Waals surface area contributed by atoms with Gasteiger partial charge in [-0.25, -0.2) is 9.18 Å². The summed E-state index contributed by atoms with van der Waals surface area (Å²) in [4.78, 5) is 16.4. The number of nitrogens with zero attached hydrogens (tertiary/aromatic N) is 2. The van der Waals surface area contributed by atoms with E-state index in [0.717, 1.165) is 18.5 Å². The molecule has 0 fully saturated rings. The van der Waals surface area contributed by atoms with Gasteiger partial charge in [0.25, 0.3) is 0 Å². The molecule has 1 atom stereocenters. The summed E-state index contributed by atoms with van der Waals surface area (Å²) in [6, 6.07) is 10.0. The molecule has 6 heteroatoms. The van der Waals surface area contributed by atoms with Crippen LogP contribution in [0.2, 0.25) is 0 Å². The Hall–Kier alpha value is -2.60. The predicted molar refractivity (Wildman–Crippen MR) is 110 cm³/mol. The SMILES string of the molecule is C[C@H]1c2cccn2-c2sc3c(c2CN1C(=O)Nc1ccccc1F)CCCC3. The number of rotatable bonds is 1. The number of aryl methyl sites for hydroxylation is 1. The van der Waals surface area contributed by atoms with E-state index in [1.54, 1.807) is 18.2 Å². The van der Waals surface area contributed by atoms with E-state index >= 15 is 0 Å². The van der Waals surface area contributed by atoms with E-state index in [2.05, 4.69) is 22.1 Å². The van der Waals surface area contributed by atoms with Gasteiger partial charge in [0.2, 0.25) is 0 Å². The minimum atomic E-state index is -0.421. The van der Waals surface area contributed by atoms with Crippen LogP contribution >= 0.6 is 11.3 Å². The van der Waals surface area contributed by atoms with Crippen LogP contribution in [0, 0.1) is 5.82 Å². The lowest BCUT2D eigenvalue weighted by molar-refractivity contribution is 0.189. The van der Waals surface area contributed by atoms with Crippen LogP contribution in [-0.4, -0.2) is 15.5 Å². The fourth-order valence-corrected chi connectivity index (χ4v) is 5.76. The van der Waals surface area contributed by atoms with Crippen molar-refractivity contribution in [3.63, 3.8) is 0 Å². The number of anilines is 1. The van der Waals surface area contributed by atoms with Crippen LogP contribution in [0.5, 0.6) is 0 Å². The lowest BCUT2D eigenvalue weighted by Gasteiger charge is -2.28. The molecule has 1 aliphatic carbocycles. The number of benzene rings is 1. The zero-order valence-electron chi connectivity index (χ0n) is 15.7. The van der Waals surface area contributed by atoms with Gasteiger partial charge in [0.05, 0.1) is 18.3 Å². The number of amides is 2. The van der Waals surface area contributed by atoms with Crippen molar-refractivity contribution in [2.45, 2.75) is 45.2 Å². The van der Waals surface area contributed by atoms with Crippen molar-refractivity contribution in [1.82, 2.24) is 9.47 Å². The number of aromatic nitrogens is 1. The molecule has 5 rings (SSSR count). The van der Waals surface area contributed by atoms with E-state index < -0.39 is 5.82 Å². The van der Waals surface area contributed by atoms with Gasteiger partial charge in [-0.2, -0.15) is 0 Å². The summed E-state index contributed by atoms with van der Waals surface area (Å²) in [5.41, 5.74) is 3.97. The first-order valence-corrected chi connectivity index (χ1v) is 10.6. The van der Waals surface area contributed by atoms with E-state index in [0.29, 0.717) is 6.54 Å². The number of carbonyl (C=O) groups is 1. The third-order valence-corrected chi connectivity index (χ3v) is 7.19. The van der Waals surface area contributed by atoms with Crippen LogP contribution in [0.3, 0.4) is 0 Å². The molecule has 1 aromatic carbocycles. The summed E-state index contributed by atoms with van der Waals surface area (Å²) in [7, 11) is 0. The Bertz CT molecular complexity index is 1050. The number of hydrogen-bond acceptors (Lipinski definition) is 2. The van der Waals surface area contributed by atoms with Crippen LogP contribution in [0.15, 0.2) is 42.6 Å². The van der Waals surface area contributed by atoms with Crippen molar-refractivity contribution in [1.29, 1.82) is 0 Å². The highest BCUT2D eigenvalue weighted by Gasteiger charge is 2.33. The highest BCUT2D eigenvalue weighted by Crippen LogP contribution is 2.42.